The second-order valence-electron chi connectivity index (χ2n) is 14.6. The van der Waals surface area contributed by atoms with Crippen LogP contribution < -0.4 is 14.4 Å². The predicted octanol–water partition coefficient (Wildman–Crippen LogP) is 11.3. The smallest absolute Gasteiger partial charge is 0.298 e. The number of nitrogens with zero attached hydrogens (tertiary/aromatic N) is 4. The Morgan fingerprint density at radius 1 is 0.556 bits per heavy atom. The molecule has 2 heterocycles. The summed E-state index contributed by atoms with van der Waals surface area (Å²) in [6.07, 6.45) is -0.0867. The van der Waals surface area contributed by atoms with E-state index in [4.69, 9.17) is 0 Å². The van der Waals surface area contributed by atoms with Gasteiger partial charge in [-0.05, 0) is 110 Å². The summed E-state index contributed by atoms with van der Waals surface area (Å²) in [6.45, 7) is 9.11. The molecule has 1 unspecified atom stereocenters. The number of fused-ring (bicyclic) bond motifs is 2. The summed E-state index contributed by atoms with van der Waals surface area (Å²) in [5.41, 5.74) is 14.9. The molecule has 1 aliphatic rings. The van der Waals surface area contributed by atoms with E-state index in [1.54, 1.807) is 0 Å². The molecular formula is C50H45N4+. The lowest BCUT2D eigenvalue weighted by Gasteiger charge is -2.46. The van der Waals surface area contributed by atoms with Crippen LogP contribution in [0.5, 0.6) is 0 Å². The third-order valence-electron chi connectivity index (χ3n) is 11.5. The fraction of sp³-hybridized carbons (Fsp3) is 0.140. The second-order valence-corrected chi connectivity index (χ2v) is 14.6. The highest BCUT2D eigenvalue weighted by molar-refractivity contribution is 5.87. The van der Waals surface area contributed by atoms with Crippen LogP contribution in [0.25, 0.3) is 27.8 Å². The van der Waals surface area contributed by atoms with Crippen molar-refractivity contribution in [3.63, 3.8) is 0 Å². The Morgan fingerprint density at radius 2 is 1.17 bits per heavy atom. The number of para-hydroxylation sites is 6. The highest BCUT2D eigenvalue weighted by Gasteiger charge is 2.57. The Hall–Kier alpha value is -6.39. The Morgan fingerprint density at radius 3 is 1.87 bits per heavy atom. The van der Waals surface area contributed by atoms with E-state index in [9.17, 15) is 0 Å². The van der Waals surface area contributed by atoms with Gasteiger partial charge in [0.15, 0.2) is 16.6 Å². The molecule has 0 radical (unpaired) electrons. The number of hydrogen-bond donors (Lipinski definition) is 0. The molecule has 9 rings (SSSR count). The van der Waals surface area contributed by atoms with Crippen molar-refractivity contribution in [2.24, 2.45) is 7.05 Å². The monoisotopic (exact) mass is 701 g/mol. The van der Waals surface area contributed by atoms with Gasteiger partial charge in [-0.1, -0.05) is 133 Å². The van der Waals surface area contributed by atoms with Crippen molar-refractivity contribution in [1.29, 1.82) is 0 Å². The zero-order valence-corrected chi connectivity index (χ0v) is 31.6. The van der Waals surface area contributed by atoms with Crippen LogP contribution in [0.1, 0.15) is 40.6 Å². The van der Waals surface area contributed by atoms with Crippen LogP contribution in [-0.2, 0) is 12.6 Å². The van der Waals surface area contributed by atoms with Gasteiger partial charge in [0.2, 0.25) is 0 Å². The average Bonchev–Trinajstić information content (AvgIpc) is 3.68. The lowest BCUT2D eigenvalue weighted by Crippen LogP contribution is -2.59. The minimum atomic E-state index is -0.845. The van der Waals surface area contributed by atoms with E-state index in [0.29, 0.717) is 0 Å². The molecule has 54 heavy (non-hydrogen) atoms. The molecule has 8 aromatic rings. The molecular weight excluding hydrogens is 657 g/mol. The van der Waals surface area contributed by atoms with Crippen LogP contribution in [0.3, 0.4) is 0 Å². The van der Waals surface area contributed by atoms with Crippen LogP contribution in [0.2, 0.25) is 0 Å². The average molecular weight is 702 g/mol. The minimum Gasteiger partial charge on any atom is -0.325 e. The summed E-state index contributed by atoms with van der Waals surface area (Å²) in [5.74, 6) is 1.15. The highest BCUT2D eigenvalue weighted by atomic mass is 15.5. The third kappa shape index (κ3) is 5.01. The molecule has 0 N–H and O–H groups in total. The van der Waals surface area contributed by atoms with Crippen molar-refractivity contribution in [3.05, 3.63) is 210 Å². The van der Waals surface area contributed by atoms with Gasteiger partial charge in [-0.2, -0.15) is 4.57 Å². The molecule has 4 heteroatoms. The van der Waals surface area contributed by atoms with Gasteiger partial charge in [0.25, 0.3) is 5.82 Å². The normalized spacial score (nSPS) is 15.0. The maximum absolute atomic E-state index is 2.70. The van der Waals surface area contributed by atoms with Crippen molar-refractivity contribution in [1.82, 2.24) is 4.57 Å². The number of aryl methyl sites for hydroxylation is 3. The molecule has 7 aromatic carbocycles. The molecule has 264 valence electrons. The maximum atomic E-state index is 2.70. The van der Waals surface area contributed by atoms with E-state index in [1.807, 2.05) is 0 Å². The van der Waals surface area contributed by atoms with Crippen LogP contribution >= 0.6 is 0 Å². The number of anilines is 3. The quantitative estimate of drug-likeness (QED) is 0.154. The Labute approximate surface area is 318 Å². The van der Waals surface area contributed by atoms with Crippen molar-refractivity contribution >= 4 is 28.1 Å². The first kappa shape index (κ1) is 33.4. The number of benzene rings is 7. The summed E-state index contributed by atoms with van der Waals surface area (Å²) in [6, 6.07) is 64.5. The van der Waals surface area contributed by atoms with Gasteiger partial charge in [-0.3, -0.25) is 0 Å². The van der Waals surface area contributed by atoms with Gasteiger partial charge in [0.05, 0.1) is 18.4 Å². The van der Waals surface area contributed by atoms with Gasteiger partial charge in [-0.25, -0.2) is 4.57 Å². The van der Waals surface area contributed by atoms with Crippen LogP contribution in [-0.4, -0.2) is 10.7 Å². The lowest BCUT2D eigenvalue weighted by molar-refractivity contribution is -0.656. The summed E-state index contributed by atoms with van der Waals surface area (Å²) < 4.78 is 4.95. The topological polar surface area (TPSA) is 15.3 Å². The van der Waals surface area contributed by atoms with Crippen LogP contribution in [0.15, 0.2) is 176 Å². The fourth-order valence-electron chi connectivity index (χ4n) is 9.25. The van der Waals surface area contributed by atoms with E-state index in [1.165, 1.54) is 55.8 Å². The van der Waals surface area contributed by atoms with E-state index in [-0.39, 0.29) is 6.17 Å². The summed E-state index contributed by atoms with van der Waals surface area (Å²) in [4.78, 5) is 5.21. The molecule has 0 saturated carbocycles. The first-order valence-corrected chi connectivity index (χ1v) is 18.9. The Balaban J connectivity index is 1.49. The van der Waals surface area contributed by atoms with E-state index < -0.39 is 5.54 Å². The Kier molecular flexibility index (Phi) is 8.19. The van der Waals surface area contributed by atoms with Crippen molar-refractivity contribution in [2.45, 2.75) is 39.4 Å². The molecule has 0 amide bonds. The molecule has 0 spiro atoms. The molecule has 0 aliphatic carbocycles. The molecule has 0 bridgehead atoms. The number of rotatable bonds is 7. The second kappa shape index (κ2) is 13.2. The fourth-order valence-corrected chi connectivity index (χ4v) is 9.25. The van der Waals surface area contributed by atoms with Gasteiger partial charge < -0.3 is 9.80 Å². The minimum absolute atomic E-state index is 0.0867. The van der Waals surface area contributed by atoms with Crippen molar-refractivity contribution < 1.29 is 4.57 Å². The standard InChI is InChI=1S/C50H45N4/c1-35-32-33-42(36(2)34-35)43-26-19-27-44(37(43)3)50(39-20-9-6-10-21-39,49-51(5)45-28-15-16-29-46(45)53(49)41-24-13-8-14-25-41)54-38(4)52(40-22-11-7-12-23-40)47-30-17-18-31-48(47)54/h6-34,38H,1-5H3/q+1/t38-,50?/m0/s1. The molecule has 1 aromatic heterocycles. The van der Waals surface area contributed by atoms with Gasteiger partial charge in [-0.15, -0.1) is 0 Å². The van der Waals surface area contributed by atoms with Crippen molar-refractivity contribution in [3.8, 4) is 16.8 Å². The first-order chi connectivity index (χ1) is 26.4. The largest absolute Gasteiger partial charge is 0.325 e. The summed E-state index contributed by atoms with van der Waals surface area (Å²) in [5, 5.41) is 0. The lowest BCUT2D eigenvalue weighted by atomic mass is 9.75. The molecule has 1 aliphatic heterocycles. The first-order valence-electron chi connectivity index (χ1n) is 18.9. The zero-order valence-electron chi connectivity index (χ0n) is 31.6. The van der Waals surface area contributed by atoms with E-state index >= 15 is 0 Å². The Bertz CT molecular complexity index is 2630. The molecule has 0 fully saturated rings. The molecule has 4 nitrogen and oxygen atoms in total. The summed E-state index contributed by atoms with van der Waals surface area (Å²) in [7, 11) is 2.25. The maximum Gasteiger partial charge on any atom is 0.298 e. The van der Waals surface area contributed by atoms with Crippen LogP contribution in [0, 0.1) is 20.8 Å². The van der Waals surface area contributed by atoms with Gasteiger partial charge in [0.1, 0.15) is 11.9 Å². The highest BCUT2D eigenvalue weighted by Crippen LogP contribution is 2.55. The number of imidazole rings is 1. The third-order valence-corrected chi connectivity index (χ3v) is 11.5. The number of hydrogen-bond acceptors (Lipinski definition) is 2. The predicted molar refractivity (Wildman–Crippen MR) is 224 cm³/mol. The number of aromatic nitrogens is 2. The molecule has 2 atom stereocenters. The van der Waals surface area contributed by atoms with E-state index in [0.717, 1.165) is 22.7 Å². The van der Waals surface area contributed by atoms with Crippen molar-refractivity contribution in [2.75, 3.05) is 9.80 Å². The van der Waals surface area contributed by atoms with E-state index in [2.05, 4.69) is 230 Å². The molecule has 0 saturated heterocycles. The van der Waals surface area contributed by atoms with Gasteiger partial charge >= 0.3 is 0 Å². The van der Waals surface area contributed by atoms with Gasteiger partial charge in [0, 0.05) is 5.69 Å². The summed E-state index contributed by atoms with van der Waals surface area (Å²) >= 11 is 0. The SMILES string of the molecule is Cc1ccc(-c2cccc(C(c3ccccc3)(c3n(-c4ccccc4)c4ccccc4[n+]3C)N3c4ccccc4N(c4ccccc4)[C@@H]3C)c2C)c(C)c1. The zero-order chi connectivity index (χ0) is 37.0. The van der Waals surface area contributed by atoms with Crippen LogP contribution in [0.4, 0.5) is 17.1 Å².